The molecule has 1 fully saturated rings. The highest BCUT2D eigenvalue weighted by atomic mass is 16.5. The first-order valence-corrected chi connectivity index (χ1v) is 15.1. The number of ether oxygens (including phenoxy) is 2. The molecule has 0 unspecified atom stereocenters. The summed E-state index contributed by atoms with van der Waals surface area (Å²) in [5.41, 5.74) is 4.77. The van der Waals surface area contributed by atoms with E-state index in [1.807, 2.05) is 6.07 Å². The van der Waals surface area contributed by atoms with Crippen molar-refractivity contribution < 1.29 is 19.1 Å². The van der Waals surface area contributed by atoms with E-state index in [0.717, 1.165) is 37.9 Å². The van der Waals surface area contributed by atoms with Crippen molar-refractivity contribution in [3.05, 3.63) is 76.9 Å². The molecule has 0 bridgehead atoms. The van der Waals surface area contributed by atoms with Crippen LogP contribution in [0, 0.1) is 11.8 Å². The van der Waals surface area contributed by atoms with Crippen molar-refractivity contribution in [2.75, 3.05) is 7.11 Å². The predicted octanol–water partition coefficient (Wildman–Crippen LogP) is 8.76. The van der Waals surface area contributed by atoms with Gasteiger partial charge in [0.2, 0.25) is 0 Å². The van der Waals surface area contributed by atoms with Crippen molar-refractivity contribution >= 4 is 11.8 Å². The van der Waals surface area contributed by atoms with Crippen LogP contribution in [0.2, 0.25) is 0 Å². The molecule has 1 aliphatic carbocycles. The number of carbonyl (C=O) groups excluding carboxylic acids is 2. The quantitative estimate of drug-likeness (QED) is 0.143. The van der Waals surface area contributed by atoms with Gasteiger partial charge in [-0.2, -0.15) is 0 Å². The molecule has 0 aromatic heterocycles. The Morgan fingerprint density at radius 3 is 2.42 bits per heavy atom. The molecular formula is C36H50O4. The second kappa shape index (κ2) is 14.7. The summed E-state index contributed by atoms with van der Waals surface area (Å²) < 4.78 is 11.7. The second-order valence-electron chi connectivity index (χ2n) is 12.6. The van der Waals surface area contributed by atoms with E-state index in [1.54, 1.807) is 7.11 Å². The Bertz CT molecular complexity index is 1140. The first-order chi connectivity index (χ1) is 19.0. The maximum atomic E-state index is 12.9. The highest BCUT2D eigenvalue weighted by Crippen LogP contribution is 2.43. The lowest BCUT2D eigenvalue weighted by Gasteiger charge is -2.44. The van der Waals surface area contributed by atoms with Crippen LogP contribution < -0.4 is 4.74 Å². The molecule has 0 aliphatic heterocycles. The molecule has 0 spiro atoms. The van der Waals surface area contributed by atoms with Crippen LogP contribution in [0.3, 0.4) is 0 Å². The molecule has 2 aromatic rings. The van der Waals surface area contributed by atoms with Crippen LogP contribution in [0.15, 0.2) is 60.2 Å². The van der Waals surface area contributed by atoms with E-state index < -0.39 is 0 Å². The summed E-state index contributed by atoms with van der Waals surface area (Å²) in [5.74, 6) is 1.71. The van der Waals surface area contributed by atoms with Crippen LogP contribution in [0.1, 0.15) is 109 Å². The number of esters is 1. The van der Waals surface area contributed by atoms with Crippen molar-refractivity contribution in [2.24, 2.45) is 11.8 Å². The van der Waals surface area contributed by atoms with Gasteiger partial charge in [-0.05, 0) is 73.0 Å². The van der Waals surface area contributed by atoms with E-state index in [0.29, 0.717) is 24.7 Å². The van der Waals surface area contributed by atoms with Gasteiger partial charge in [-0.3, -0.25) is 9.59 Å². The number of hydrogen-bond donors (Lipinski definition) is 0. The third kappa shape index (κ3) is 8.56. The summed E-state index contributed by atoms with van der Waals surface area (Å²) in [5, 5.41) is 0. The van der Waals surface area contributed by atoms with Crippen molar-refractivity contribution in [2.45, 2.75) is 110 Å². The lowest BCUT2D eigenvalue weighted by atomic mass is 9.64. The van der Waals surface area contributed by atoms with Crippen molar-refractivity contribution in [3.63, 3.8) is 0 Å². The van der Waals surface area contributed by atoms with E-state index in [9.17, 15) is 9.59 Å². The van der Waals surface area contributed by atoms with E-state index in [4.69, 9.17) is 9.47 Å². The van der Waals surface area contributed by atoms with E-state index >= 15 is 0 Å². The number of ketones is 1. The predicted molar refractivity (Wildman–Crippen MR) is 164 cm³/mol. The fourth-order valence-electron chi connectivity index (χ4n) is 6.24. The standard InChI is InChI=1S/C36H50O4/c1-25(2)31-18-12-15-28(35(31)39-7)14-11-13-26(3)19-21-30(37)24-34(38)40-33-23-27(4)20-22-32(33)36(5,6)29-16-9-8-10-17-29/h8-10,12-13,15-18,25,27,32-33H,11,14,19-24H2,1-7H3/b26-13+/t27-,32-,33-/m0/s1. The van der Waals surface area contributed by atoms with Gasteiger partial charge in [0.05, 0.1) is 7.11 Å². The SMILES string of the molecule is COc1c(CC/C=C(\C)CCC(=O)CC(=O)O[C@H]2C[C@@H](C)CC[C@@H]2C(C)(C)c2ccccc2)cccc1C(C)C. The molecule has 3 rings (SSSR count). The topological polar surface area (TPSA) is 52.6 Å². The third-order valence-corrected chi connectivity index (χ3v) is 8.78. The monoisotopic (exact) mass is 546 g/mol. The fourth-order valence-corrected chi connectivity index (χ4v) is 6.24. The number of para-hydroxylation sites is 1. The van der Waals surface area contributed by atoms with E-state index in [2.05, 4.69) is 90.1 Å². The Morgan fingerprint density at radius 2 is 1.75 bits per heavy atom. The molecule has 4 nitrogen and oxygen atoms in total. The Hall–Kier alpha value is -2.88. The van der Waals surface area contributed by atoms with Gasteiger partial charge in [0.15, 0.2) is 0 Å². The Kier molecular flexibility index (Phi) is 11.6. The molecule has 1 aliphatic rings. The summed E-state index contributed by atoms with van der Waals surface area (Å²) in [6.45, 7) is 13.1. The molecule has 40 heavy (non-hydrogen) atoms. The van der Waals surface area contributed by atoms with Gasteiger partial charge in [0.25, 0.3) is 0 Å². The summed E-state index contributed by atoms with van der Waals surface area (Å²) in [6, 6.07) is 16.8. The number of carbonyl (C=O) groups is 2. The smallest absolute Gasteiger partial charge is 0.313 e. The van der Waals surface area contributed by atoms with Gasteiger partial charge in [-0.15, -0.1) is 0 Å². The highest BCUT2D eigenvalue weighted by molar-refractivity contribution is 5.95. The molecule has 3 atom stereocenters. The van der Waals surface area contributed by atoms with Crippen LogP contribution in [0.5, 0.6) is 5.75 Å². The van der Waals surface area contributed by atoms with Crippen LogP contribution in [0.4, 0.5) is 0 Å². The zero-order chi connectivity index (χ0) is 29.3. The van der Waals surface area contributed by atoms with Gasteiger partial charge in [0.1, 0.15) is 24.1 Å². The third-order valence-electron chi connectivity index (χ3n) is 8.78. The van der Waals surface area contributed by atoms with Crippen LogP contribution in [-0.4, -0.2) is 25.0 Å². The minimum absolute atomic E-state index is 0.0493. The number of Topliss-reactive ketones (excluding diaryl/α,β-unsaturated/α-hetero) is 1. The highest BCUT2D eigenvalue weighted by Gasteiger charge is 2.42. The van der Waals surface area contributed by atoms with Gasteiger partial charge in [-0.25, -0.2) is 0 Å². The average molecular weight is 547 g/mol. The fraction of sp³-hybridized carbons (Fsp3) is 0.556. The lowest BCUT2D eigenvalue weighted by molar-refractivity contribution is -0.157. The first-order valence-electron chi connectivity index (χ1n) is 15.1. The van der Waals surface area contributed by atoms with Crippen LogP contribution in [-0.2, 0) is 26.2 Å². The summed E-state index contributed by atoms with van der Waals surface area (Å²) >= 11 is 0. The first kappa shape index (κ1) is 31.6. The number of hydrogen-bond acceptors (Lipinski definition) is 4. The molecule has 218 valence electrons. The normalized spacial score (nSPS) is 19.9. The maximum absolute atomic E-state index is 12.9. The van der Waals surface area contributed by atoms with Crippen LogP contribution in [0.25, 0.3) is 0 Å². The second-order valence-corrected chi connectivity index (χ2v) is 12.6. The van der Waals surface area contributed by atoms with Crippen molar-refractivity contribution in [1.29, 1.82) is 0 Å². The summed E-state index contributed by atoms with van der Waals surface area (Å²) in [4.78, 5) is 25.6. The minimum atomic E-state index is -0.378. The molecule has 0 saturated heterocycles. The van der Waals surface area contributed by atoms with Gasteiger partial charge < -0.3 is 9.47 Å². The van der Waals surface area contributed by atoms with E-state index in [1.165, 1.54) is 22.3 Å². The van der Waals surface area contributed by atoms with Crippen LogP contribution >= 0.6 is 0 Å². The number of aryl methyl sites for hydroxylation is 1. The zero-order valence-electron chi connectivity index (χ0n) is 25.8. The summed E-state index contributed by atoms with van der Waals surface area (Å²) in [7, 11) is 1.74. The molecule has 1 saturated carbocycles. The molecular weight excluding hydrogens is 496 g/mol. The molecule has 2 aromatic carbocycles. The zero-order valence-corrected chi connectivity index (χ0v) is 25.8. The van der Waals surface area contributed by atoms with Crippen molar-refractivity contribution in [3.8, 4) is 5.75 Å². The average Bonchev–Trinajstić information content (AvgIpc) is 2.92. The van der Waals surface area contributed by atoms with E-state index in [-0.39, 0.29) is 35.6 Å². The number of allylic oxidation sites excluding steroid dienone is 2. The Balaban J connectivity index is 1.50. The number of methoxy groups -OCH3 is 1. The molecule has 0 amide bonds. The number of benzene rings is 2. The Morgan fingerprint density at radius 1 is 1.02 bits per heavy atom. The summed E-state index contributed by atoms with van der Waals surface area (Å²) in [6.07, 6.45) is 7.72. The molecule has 0 radical (unpaired) electrons. The maximum Gasteiger partial charge on any atom is 0.313 e. The number of rotatable bonds is 13. The molecule has 0 N–H and O–H groups in total. The molecule has 4 heteroatoms. The van der Waals surface area contributed by atoms with Gasteiger partial charge in [-0.1, -0.05) is 101 Å². The van der Waals surface area contributed by atoms with Gasteiger partial charge >= 0.3 is 5.97 Å². The largest absolute Gasteiger partial charge is 0.496 e. The lowest BCUT2D eigenvalue weighted by Crippen LogP contribution is -2.43. The molecule has 0 heterocycles. The Labute approximate surface area is 242 Å². The minimum Gasteiger partial charge on any atom is -0.496 e. The van der Waals surface area contributed by atoms with Crippen molar-refractivity contribution in [1.82, 2.24) is 0 Å². The van der Waals surface area contributed by atoms with Gasteiger partial charge in [0, 0.05) is 12.3 Å².